The van der Waals surface area contributed by atoms with Crippen LogP contribution < -0.4 is 20.7 Å². The summed E-state index contributed by atoms with van der Waals surface area (Å²) in [4.78, 5) is 30.4. The Morgan fingerprint density at radius 2 is 1.75 bits per heavy atom. The molecule has 1 heterocycles. The summed E-state index contributed by atoms with van der Waals surface area (Å²) in [5.74, 6) is -0.199. The number of aliphatic carboxylic acids is 1. The summed E-state index contributed by atoms with van der Waals surface area (Å²) in [5.41, 5.74) is 1.58. The van der Waals surface area contributed by atoms with Crippen molar-refractivity contribution in [1.82, 2.24) is 9.97 Å². The summed E-state index contributed by atoms with van der Waals surface area (Å²) in [6.07, 6.45) is 1.43. The number of carboxylic acids is 1. The number of carbonyl (C=O) groups excluding carboxylic acids is 1. The number of nitrogens with one attached hydrogen (secondary N) is 3. The van der Waals surface area contributed by atoms with Crippen LogP contribution in [0.1, 0.15) is 44.7 Å². The molecule has 0 unspecified atom stereocenters. The van der Waals surface area contributed by atoms with E-state index in [2.05, 4.69) is 25.9 Å². The number of amides is 1. The number of nitrogens with zero attached hydrogens (tertiary/aromatic N) is 2. The Morgan fingerprint density at radius 3 is 2.31 bits per heavy atom. The van der Waals surface area contributed by atoms with E-state index in [0.29, 0.717) is 17.7 Å². The highest BCUT2D eigenvalue weighted by Crippen LogP contribution is 2.24. The van der Waals surface area contributed by atoms with Gasteiger partial charge in [-0.3, -0.25) is 4.79 Å². The third-order valence-electron chi connectivity index (χ3n) is 5.49. The molecule has 0 radical (unpaired) electrons. The topological polar surface area (TPSA) is 125 Å². The molecular formula is C24H32F3N5O4. The lowest BCUT2D eigenvalue weighted by atomic mass is 9.89. The summed E-state index contributed by atoms with van der Waals surface area (Å²) in [6.45, 7) is 4.64. The molecule has 9 nitrogen and oxygen atoms in total. The lowest BCUT2D eigenvalue weighted by molar-refractivity contribution is -0.192. The molecule has 1 aliphatic rings. The number of methoxy groups -OCH3 is 1. The van der Waals surface area contributed by atoms with Gasteiger partial charge in [0.2, 0.25) is 11.9 Å². The third kappa shape index (κ3) is 9.96. The van der Waals surface area contributed by atoms with E-state index in [1.54, 1.807) is 7.11 Å². The van der Waals surface area contributed by atoms with Crippen molar-refractivity contribution in [2.24, 2.45) is 5.92 Å². The van der Waals surface area contributed by atoms with E-state index in [-0.39, 0.29) is 5.91 Å². The number of anilines is 3. The molecule has 0 bridgehead atoms. The minimum atomic E-state index is -5.08. The van der Waals surface area contributed by atoms with E-state index in [4.69, 9.17) is 14.6 Å². The number of carbonyl (C=O) groups is 2. The molecule has 1 saturated carbocycles. The van der Waals surface area contributed by atoms with Gasteiger partial charge in [-0.1, -0.05) is 19.3 Å². The summed E-state index contributed by atoms with van der Waals surface area (Å²) in [5, 5.41) is 16.6. The smallest absolute Gasteiger partial charge is 0.490 e. The molecule has 2 aromatic rings. The van der Waals surface area contributed by atoms with Crippen LogP contribution in [-0.2, 0) is 9.59 Å². The number of aromatic nitrogens is 2. The molecule has 1 fully saturated rings. The van der Waals surface area contributed by atoms with Crippen molar-refractivity contribution in [2.75, 3.05) is 29.6 Å². The molecule has 1 aliphatic carbocycles. The minimum Gasteiger partial charge on any atom is -0.497 e. The lowest BCUT2D eigenvalue weighted by Crippen LogP contribution is -2.32. The highest BCUT2D eigenvalue weighted by molar-refractivity contribution is 5.96. The van der Waals surface area contributed by atoms with Crippen LogP contribution in [0.25, 0.3) is 0 Å². The van der Waals surface area contributed by atoms with E-state index >= 15 is 0 Å². The predicted octanol–water partition coefficient (Wildman–Crippen LogP) is 4.86. The minimum absolute atomic E-state index is 0.136. The van der Waals surface area contributed by atoms with Gasteiger partial charge in [0.25, 0.3) is 0 Å². The Kier molecular flexibility index (Phi) is 10.8. The first-order valence-electron chi connectivity index (χ1n) is 11.6. The highest BCUT2D eigenvalue weighted by Gasteiger charge is 2.38. The van der Waals surface area contributed by atoms with Crippen LogP contribution in [0.15, 0.2) is 30.3 Å². The second-order valence-electron chi connectivity index (χ2n) is 8.49. The van der Waals surface area contributed by atoms with Gasteiger partial charge in [0.1, 0.15) is 17.6 Å². The fourth-order valence-electron chi connectivity index (χ4n) is 3.56. The molecule has 3 rings (SSSR count). The standard InChI is InChI=1S/C22H31N5O2.C2HF3O2/c1-15-13-20(27-22(24-15)23-14-17-7-5-4-6-8-17)25-16(2)21(28)26-18-9-11-19(29-3)12-10-18;3-2(4,5)1(6)7/h9-13,16-17H,4-8,14H2,1-3H3,(H,26,28)(H2,23,24,25,27);(H,6,7)/t16-;/m0./s1. The quantitative estimate of drug-likeness (QED) is 0.396. The van der Waals surface area contributed by atoms with Crippen molar-refractivity contribution in [2.45, 2.75) is 58.2 Å². The first kappa shape index (κ1) is 28.7. The SMILES string of the molecule is COc1ccc(NC(=O)[C@H](C)Nc2cc(C)nc(NCC3CCCCC3)n2)cc1.O=C(O)C(F)(F)F. The number of rotatable bonds is 8. The number of halogens is 3. The maximum Gasteiger partial charge on any atom is 0.490 e. The van der Waals surface area contributed by atoms with Crippen molar-refractivity contribution < 1.29 is 32.6 Å². The molecule has 1 aromatic carbocycles. The maximum atomic E-state index is 12.5. The maximum absolute atomic E-state index is 12.5. The van der Waals surface area contributed by atoms with E-state index in [1.165, 1.54) is 32.1 Å². The van der Waals surface area contributed by atoms with Gasteiger partial charge >= 0.3 is 12.1 Å². The second-order valence-corrected chi connectivity index (χ2v) is 8.49. The van der Waals surface area contributed by atoms with Crippen LogP contribution in [0.3, 0.4) is 0 Å². The molecule has 1 amide bonds. The van der Waals surface area contributed by atoms with E-state index < -0.39 is 18.2 Å². The summed E-state index contributed by atoms with van der Waals surface area (Å²) in [7, 11) is 1.61. The Balaban J connectivity index is 0.000000572. The van der Waals surface area contributed by atoms with Crippen LogP contribution in [0.4, 0.5) is 30.6 Å². The van der Waals surface area contributed by atoms with Crippen molar-refractivity contribution >= 4 is 29.3 Å². The van der Waals surface area contributed by atoms with Crippen LogP contribution in [0, 0.1) is 12.8 Å². The normalized spacial score (nSPS) is 14.6. The van der Waals surface area contributed by atoms with Gasteiger partial charge in [-0.15, -0.1) is 0 Å². The summed E-state index contributed by atoms with van der Waals surface area (Å²) in [6, 6.07) is 8.65. The molecule has 198 valence electrons. The van der Waals surface area contributed by atoms with Gasteiger partial charge in [0.15, 0.2) is 0 Å². The molecule has 0 spiro atoms. The number of ether oxygens (including phenoxy) is 1. The van der Waals surface area contributed by atoms with Crippen LogP contribution in [0.5, 0.6) is 5.75 Å². The van der Waals surface area contributed by atoms with Gasteiger partial charge in [0.05, 0.1) is 7.11 Å². The number of alkyl halides is 3. The zero-order valence-electron chi connectivity index (χ0n) is 20.5. The zero-order valence-corrected chi connectivity index (χ0v) is 20.5. The first-order chi connectivity index (χ1) is 17.0. The molecule has 36 heavy (non-hydrogen) atoms. The largest absolute Gasteiger partial charge is 0.497 e. The zero-order chi connectivity index (χ0) is 26.7. The van der Waals surface area contributed by atoms with Gasteiger partial charge < -0.3 is 25.8 Å². The molecule has 4 N–H and O–H groups in total. The Hall–Kier alpha value is -3.57. The van der Waals surface area contributed by atoms with Crippen molar-refractivity contribution in [1.29, 1.82) is 0 Å². The summed E-state index contributed by atoms with van der Waals surface area (Å²) < 4.78 is 36.9. The van der Waals surface area contributed by atoms with Crippen LogP contribution in [0.2, 0.25) is 0 Å². The van der Waals surface area contributed by atoms with Crippen LogP contribution in [-0.4, -0.2) is 52.8 Å². The second kappa shape index (κ2) is 13.5. The van der Waals surface area contributed by atoms with Crippen LogP contribution >= 0.6 is 0 Å². The number of aryl methyl sites for hydroxylation is 1. The average molecular weight is 512 g/mol. The molecule has 0 aliphatic heterocycles. The van der Waals surface area contributed by atoms with Crippen molar-refractivity contribution in [3.8, 4) is 5.75 Å². The van der Waals surface area contributed by atoms with Gasteiger partial charge in [-0.25, -0.2) is 9.78 Å². The fourth-order valence-corrected chi connectivity index (χ4v) is 3.56. The van der Waals surface area contributed by atoms with Crippen molar-refractivity contribution in [3.05, 3.63) is 36.0 Å². The number of hydrogen-bond acceptors (Lipinski definition) is 7. The highest BCUT2D eigenvalue weighted by atomic mass is 19.4. The number of hydrogen-bond donors (Lipinski definition) is 4. The fraction of sp³-hybridized carbons (Fsp3) is 0.500. The Labute approximate surface area is 207 Å². The Bertz CT molecular complexity index is 996. The monoisotopic (exact) mass is 511 g/mol. The lowest BCUT2D eigenvalue weighted by Gasteiger charge is -2.22. The van der Waals surface area contributed by atoms with Gasteiger partial charge in [-0.05, 0) is 56.9 Å². The molecule has 1 aromatic heterocycles. The third-order valence-corrected chi connectivity index (χ3v) is 5.49. The molecule has 1 atom stereocenters. The van der Waals surface area contributed by atoms with E-state index in [0.717, 1.165) is 23.7 Å². The average Bonchev–Trinajstić information content (AvgIpc) is 2.83. The molecular weight excluding hydrogens is 479 g/mol. The predicted molar refractivity (Wildman–Crippen MR) is 130 cm³/mol. The van der Waals surface area contributed by atoms with Crippen molar-refractivity contribution in [3.63, 3.8) is 0 Å². The molecule has 0 saturated heterocycles. The first-order valence-corrected chi connectivity index (χ1v) is 11.6. The molecule has 12 heteroatoms. The van der Waals surface area contributed by atoms with E-state index in [1.807, 2.05) is 44.2 Å². The van der Waals surface area contributed by atoms with Gasteiger partial charge in [-0.2, -0.15) is 18.2 Å². The van der Waals surface area contributed by atoms with E-state index in [9.17, 15) is 18.0 Å². The summed E-state index contributed by atoms with van der Waals surface area (Å²) >= 11 is 0. The number of benzene rings is 1. The Morgan fingerprint density at radius 1 is 1.14 bits per heavy atom. The van der Waals surface area contributed by atoms with Gasteiger partial charge in [0, 0.05) is 24.0 Å². The number of carboxylic acid groups (broad SMARTS) is 1.